The van der Waals surface area contributed by atoms with E-state index in [1.54, 1.807) is 6.07 Å². The van der Waals surface area contributed by atoms with Crippen molar-refractivity contribution in [3.05, 3.63) is 22.2 Å². The number of hydrogen-bond donors (Lipinski definition) is 2. The van der Waals surface area contributed by atoms with Crippen LogP contribution in [0, 0.1) is 23.0 Å². The van der Waals surface area contributed by atoms with Crippen molar-refractivity contribution in [2.75, 3.05) is 5.32 Å². The number of anilines is 1. The van der Waals surface area contributed by atoms with Crippen LogP contribution in [0.3, 0.4) is 0 Å². The maximum Gasteiger partial charge on any atom is 0.238 e. The first kappa shape index (κ1) is 12.4. The molecule has 7 heteroatoms. The van der Waals surface area contributed by atoms with Gasteiger partial charge in [-0.2, -0.15) is 9.65 Å². The lowest BCUT2D eigenvalue weighted by Gasteiger charge is -2.08. The normalized spacial score (nSPS) is 9.62. The Kier molecular flexibility index (Phi) is 3.79. The summed E-state index contributed by atoms with van der Waals surface area (Å²) in [5, 5.41) is 19.5. The summed E-state index contributed by atoms with van der Waals surface area (Å²) in [7, 11) is 0. The number of carbonyl (C=O) groups excluding carboxylic acids is 1. The van der Waals surface area contributed by atoms with E-state index in [1.807, 2.05) is 0 Å². The van der Waals surface area contributed by atoms with Crippen molar-refractivity contribution in [2.45, 2.75) is 6.42 Å². The summed E-state index contributed by atoms with van der Waals surface area (Å²) in [6, 6.07) is 2.58. The van der Waals surface area contributed by atoms with E-state index >= 15 is 0 Å². The van der Waals surface area contributed by atoms with Crippen LogP contribution in [-0.2, 0) is 4.79 Å². The number of carbonyl (C=O) groups is 1. The van der Waals surface area contributed by atoms with Gasteiger partial charge in [0.1, 0.15) is 6.42 Å². The highest BCUT2D eigenvalue weighted by molar-refractivity contribution is 9.10. The number of nitriles is 1. The van der Waals surface area contributed by atoms with Crippen LogP contribution in [0.2, 0.25) is 0 Å². The minimum absolute atomic E-state index is 0.241. The Morgan fingerprint density at radius 3 is 2.75 bits per heavy atom. The monoisotopic (exact) mass is 290 g/mol. The van der Waals surface area contributed by atoms with Crippen LogP contribution in [0.4, 0.5) is 14.5 Å². The Balaban J connectivity index is 3.07. The third kappa shape index (κ3) is 2.46. The molecular weight excluding hydrogens is 286 g/mol. The quantitative estimate of drug-likeness (QED) is 0.648. The lowest BCUT2D eigenvalue weighted by molar-refractivity contribution is -0.115. The molecule has 1 aromatic rings. The zero-order chi connectivity index (χ0) is 12.3. The van der Waals surface area contributed by atoms with Gasteiger partial charge in [-0.3, -0.25) is 4.79 Å². The predicted octanol–water partition coefficient (Wildman–Crippen LogP) is 2.29. The van der Waals surface area contributed by atoms with Gasteiger partial charge in [-0.25, -0.2) is 4.39 Å². The van der Waals surface area contributed by atoms with Gasteiger partial charge in [-0.05, 0) is 22.0 Å². The lowest BCUT2D eigenvalue weighted by atomic mass is 10.2. The zero-order valence-corrected chi connectivity index (χ0v) is 9.31. The molecule has 1 rings (SSSR count). The van der Waals surface area contributed by atoms with Crippen molar-refractivity contribution >= 4 is 27.5 Å². The summed E-state index contributed by atoms with van der Waals surface area (Å²) >= 11 is 2.72. The molecule has 0 aliphatic carbocycles. The van der Waals surface area contributed by atoms with Gasteiger partial charge in [0, 0.05) is 0 Å². The fourth-order valence-corrected chi connectivity index (χ4v) is 1.35. The summed E-state index contributed by atoms with van der Waals surface area (Å²) in [6.07, 6.45) is -0.448. The Labute approximate surface area is 97.6 Å². The molecule has 0 saturated heterocycles. The van der Waals surface area contributed by atoms with Crippen LogP contribution < -0.4 is 5.32 Å². The van der Waals surface area contributed by atoms with E-state index in [4.69, 9.17) is 5.26 Å². The first-order valence-corrected chi connectivity index (χ1v) is 4.80. The molecule has 1 aromatic carbocycles. The third-order valence-corrected chi connectivity index (χ3v) is 2.23. The highest BCUT2D eigenvalue weighted by Crippen LogP contribution is 2.33. The van der Waals surface area contributed by atoms with Crippen LogP contribution in [0.5, 0.6) is 5.75 Å². The number of aromatic hydroxyl groups is 1. The van der Waals surface area contributed by atoms with Crippen molar-refractivity contribution in [3.8, 4) is 11.8 Å². The first-order valence-electron chi connectivity index (χ1n) is 4.00. The van der Waals surface area contributed by atoms with Crippen molar-refractivity contribution in [3.63, 3.8) is 0 Å². The molecule has 0 atom stereocenters. The second kappa shape index (κ2) is 4.90. The van der Waals surface area contributed by atoms with Gasteiger partial charge in [0.15, 0.2) is 11.6 Å². The van der Waals surface area contributed by atoms with Gasteiger partial charge in [0.25, 0.3) is 0 Å². The van der Waals surface area contributed by atoms with E-state index < -0.39 is 29.7 Å². The molecule has 0 spiro atoms. The maximum absolute atomic E-state index is 13.0. The number of rotatable bonds is 2. The SMILES string of the molecule is N#CCC(=O)Nc1cc(Br)c(F)c(F)c1O. The largest absolute Gasteiger partial charge is 0.503 e. The van der Waals surface area contributed by atoms with Crippen LogP contribution in [0.15, 0.2) is 10.5 Å². The molecule has 0 fully saturated rings. The first-order chi connectivity index (χ1) is 7.47. The Bertz CT molecular complexity index is 485. The molecule has 0 unspecified atom stereocenters. The average Bonchev–Trinajstić information content (AvgIpc) is 2.23. The van der Waals surface area contributed by atoms with Gasteiger partial charge < -0.3 is 10.4 Å². The summed E-state index contributed by atoms with van der Waals surface area (Å²) in [6.45, 7) is 0. The van der Waals surface area contributed by atoms with Gasteiger partial charge in [-0.15, -0.1) is 0 Å². The van der Waals surface area contributed by atoms with Crippen molar-refractivity contribution in [2.24, 2.45) is 0 Å². The number of phenols is 1. The number of nitrogens with one attached hydrogen (secondary N) is 1. The van der Waals surface area contributed by atoms with Crippen molar-refractivity contribution in [1.29, 1.82) is 5.26 Å². The fraction of sp³-hybridized carbons (Fsp3) is 0.111. The summed E-state index contributed by atoms with van der Waals surface area (Å²) in [5.41, 5.74) is -0.300. The molecule has 4 nitrogen and oxygen atoms in total. The van der Waals surface area contributed by atoms with Crippen LogP contribution in [-0.4, -0.2) is 11.0 Å². The highest BCUT2D eigenvalue weighted by atomic mass is 79.9. The number of halogens is 3. The predicted molar refractivity (Wildman–Crippen MR) is 54.6 cm³/mol. The molecule has 2 N–H and O–H groups in total. The van der Waals surface area contributed by atoms with E-state index in [9.17, 15) is 18.7 Å². The molecule has 0 saturated carbocycles. The molecule has 0 heterocycles. The van der Waals surface area contributed by atoms with Crippen LogP contribution >= 0.6 is 15.9 Å². The summed E-state index contributed by atoms with van der Waals surface area (Å²) in [5.74, 6) is -4.46. The van der Waals surface area contributed by atoms with Gasteiger partial charge in [-0.1, -0.05) is 0 Å². The average molecular weight is 291 g/mol. The standard InChI is InChI=1S/C9H5BrF2N2O2/c10-4-3-5(14-6(15)1-2-13)9(16)8(12)7(4)11/h3,16H,1H2,(H,14,15). The van der Waals surface area contributed by atoms with E-state index in [1.165, 1.54) is 0 Å². The third-order valence-electron chi connectivity index (χ3n) is 1.65. The Hall–Kier alpha value is -1.68. The number of nitrogens with zero attached hydrogens (tertiary/aromatic N) is 1. The van der Waals surface area contributed by atoms with Crippen molar-refractivity contribution in [1.82, 2.24) is 0 Å². The smallest absolute Gasteiger partial charge is 0.238 e. The Morgan fingerprint density at radius 1 is 1.56 bits per heavy atom. The number of hydrogen-bond acceptors (Lipinski definition) is 3. The second-order valence-corrected chi connectivity index (χ2v) is 3.62. The molecule has 0 radical (unpaired) electrons. The number of benzene rings is 1. The second-order valence-electron chi connectivity index (χ2n) is 2.77. The molecule has 0 bridgehead atoms. The minimum Gasteiger partial charge on any atom is -0.503 e. The summed E-state index contributed by atoms with van der Waals surface area (Å²) in [4.78, 5) is 11.0. The molecular formula is C9H5BrF2N2O2. The highest BCUT2D eigenvalue weighted by Gasteiger charge is 2.17. The molecule has 16 heavy (non-hydrogen) atoms. The molecule has 1 amide bonds. The van der Waals surface area contributed by atoms with Crippen LogP contribution in [0.1, 0.15) is 6.42 Å². The lowest BCUT2D eigenvalue weighted by Crippen LogP contribution is -2.11. The van der Waals surface area contributed by atoms with Gasteiger partial charge in [0.2, 0.25) is 11.7 Å². The van der Waals surface area contributed by atoms with E-state index in [-0.39, 0.29) is 10.2 Å². The van der Waals surface area contributed by atoms with Crippen LogP contribution in [0.25, 0.3) is 0 Å². The van der Waals surface area contributed by atoms with E-state index in [0.29, 0.717) is 0 Å². The fourth-order valence-electron chi connectivity index (χ4n) is 0.947. The zero-order valence-electron chi connectivity index (χ0n) is 7.72. The summed E-state index contributed by atoms with van der Waals surface area (Å²) < 4.78 is 25.7. The minimum atomic E-state index is -1.47. The topological polar surface area (TPSA) is 73.1 Å². The van der Waals surface area contributed by atoms with Gasteiger partial charge >= 0.3 is 0 Å². The molecule has 0 aliphatic rings. The van der Waals surface area contributed by atoms with Gasteiger partial charge in [0.05, 0.1) is 16.2 Å². The van der Waals surface area contributed by atoms with E-state index in [2.05, 4.69) is 21.2 Å². The molecule has 0 aliphatic heterocycles. The Morgan fingerprint density at radius 2 is 2.19 bits per heavy atom. The van der Waals surface area contributed by atoms with E-state index in [0.717, 1.165) is 6.07 Å². The number of phenolic OH excluding ortho intramolecular Hbond substituents is 1. The molecule has 84 valence electrons. The maximum atomic E-state index is 13.0. The molecule has 0 aromatic heterocycles. The van der Waals surface area contributed by atoms with Crippen molar-refractivity contribution < 1.29 is 18.7 Å². The number of amides is 1.